The fraction of sp³-hybridized carbons (Fsp3) is 0.0769. The summed E-state index contributed by atoms with van der Waals surface area (Å²) in [4.78, 5) is 0. The predicted octanol–water partition coefficient (Wildman–Crippen LogP) is 9.68. The summed E-state index contributed by atoms with van der Waals surface area (Å²) in [5.74, 6) is 1.62. The molecule has 4 aliphatic carbocycles. The summed E-state index contributed by atoms with van der Waals surface area (Å²) in [6.07, 6.45) is 16.0. The maximum absolute atomic E-state index is 6.51. The van der Waals surface area contributed by atoms with Crippen molar-refractivity contribution in [2.45, 2.75) is 0 Å². The Bertz CT molecular complexity index is 1840. The highest BCUT2D eigenvalue weighted by molar-refractivity contribution is 7.80. The molecule has 8 rings (SSSR count). The first-order chi connectivity index (χ1) is 20.3. The largest absolute Gasteiger partial charge is 0.495 e. The standard InChI is InChI=1S/C39H28OS/c41-21-20-40-38-18-17-35-33-16-14-29(27-10-5-2-6-11-27)23-31(33)25-37(35)39(38)19-7-12-34-32-15-13-28(22-30(32)24-36(34)39)26-8-3-1-4-9-26/h1-19,22-25,41H,20-21H2. The highest BCUT2D eigenvalue weighted by Gasteiger charge is 2.49. The Morgan fingerprint density at radius 3 is 1.71 bits per heavy atom. The Labute approximate surface area is 246 Å². The van der Waals surface area contributed by atoms with Crippen molar-refractivity contribution in [1.29, 1.82) is 0 Å². The van der Waals surface area contributed by atoms with Crippen molar-refractivity contribution in [3.63, 3.8) is 0 Å². The summed E-state index contributed by atoms with van der Waals surface area (Å²) in [6.45, 7) is 0.559. The van der Waals surface area contributed by atoms with Gasteiger partial charge in [0.15, 0.2) is 0 Å². The van der Waals surface area contributed by atoms with E-state index in [2.05, 4.69) is 152 Å². The molecule has 2 heteroatoms. The molecule has 4 aromatic carbocycles. The average molecular weight is 545 g/mol. The van der Waals surface area contributed by atoms with Crippen LogP contribution in [0.25, 0.3) is 45.6 Å². The number of allylic oxidation sites excluding steroid dienone is 7. The van der Waals surface area contributed by atoms with Crippen LogP contribution in [0.2, 0.25) is 0 Å². The summed E-state index contributed by atoms with van der Waals surface area (Å²) in [7, 11) is 0. The van der Waals surface area contributed by atoms with Crippen molar-refractivity contribution < 1.29 is 4.74 Å². The zero-order chi connectivity index (χ0) is 27.4. The second-order valence-corrected chi connectivity index (χ2v) is 11.3. The number of ether oxygens (including phenoxy) is 1. The highest BCUT2D eigenvalue weighted by Crippen LogP contribution is 2.61. The number of rotatable bonds is 5. The molecule has 4 aliphatic rings. The van der Waals surface area contributed by atoms with Gasteiger partial charge in [0.25, 0.3) is 0 Å². The van der Waals surface area contributed by atoms with Crippen LogP contribution in [-0.4, -0.2) is 12.4 Å². The number of hydrogen-bond donors (Lipinski definition) is 1. The molecule has 0 saturated heterocycles. The molecule has 4 aromatic rings. The average Bonchev–Trinajstić information content (AvgIpc) is 3.60. The minimum absolute atomic E-state index is 0.505. The van der Waals surface area contributed by atoms with Crippen LogP contribution in [-0.2, 0) is 4.74 Å². The lowest BCUT2D eigenvalue weighted by molar-refractivity contribution is 0.193. The van der Waals surface area contributed by atoms with Crippen molar-refractivity contribution in [3.8, 4) is 22.3 Å². The van der Waals surface area contributed by atoms with E-state index in [-0.39, 0.29) is 0 Å². The SMILES string of the molecule is SCCOC1=CC=C2C(=Cc3cc(-c4ccccc4)ccc32)C12C=CC=C1C2=Cc2cc(-c3ccccc3)ccc21. The first-order valence-corrected chi connectivity index (χ1v) is 14.8. The fourth-order valence-electron chi connectivity index (χ4n) is 6.81. The molecule has 0 N–H and O–H groups in total. The molecular formula is C39H28OS. The molecule has 0 amide bonds. The van der Waals surface area contributed by atoms with Gasteiger partial charge in [-0.3, -0.25) is 0 Å². The zero-order valence-corrected chi connectivity index (χ0v) is 23.4. The van der Waals surface area contributed by atoms with E-state index < -0.39 is 5.41 Å². The van der Waals surface area contributed by atoms with Gasteiger partial charge in [0.2, 0.25) is 0 Å². The first kappa shape index (κ1) is 24.3. The van der Waals surface area contributed by atoms with Crippen LogP contribution in [0, 0.1) is 5.41 Å². The molecule has 0 heterocycles. The summed E-state index contributed by atoms with van der Waals surface area (Å²) in [6, 6.07) is 34.9. The maximum Gasteiger partial charge on any atom is 0.115 e. The van der Waals surface area contributed by atoms with Crippen molar-refractivity contribution in [2.24, 2.45) is 5.41 Å². The Morgan fingerprint density at radius 2 is 1.15 bits per heavy atom. The lowest BCUT2D eigenvalue weighted by atomic mass is 9.64. The molecule has 0 saturated carbocycles. The number of thiol groups is 1. The fourth-order valence-corrected chi connectivity index (χ4v) is 6.90. The molecule has 1 unspecified atom stereocenters. The summed E-state index contributed by atoms with van der Waals surface area (Å²) >= 11 is 4.47. The highest BCUT2D eigenvalue weighted by atomic mass is 32.1. The molecular weight excluding hydrogens is 516 g/mol. The van der Waals surface area contributed by atoms with Gasteiger partial charge < -0.3 is 4.74 Å². The lowest BCUT2D eigenvalue weighted by Gasteiger charge is -2.40. The molecule has 0 bridgehead atoms. The Morgan fingerprint density at radius 1 is 0.585 bits per heavy atom. The van der Waals surface area contributed by atoms with E-state index in [9.17, 15) is 0 Å². The molecule has 0 aromatic heterocycles. The molecule has 196 valence electrons. The van der Waals surface area contributed by atoms with Crippen molar-refractivity contribution in [3.05, 3.63) is 167 Å². The van der Waals surface area contributed by atoms with Gasteiger partial charge in [-0.15, -0.1) is 0 Å². The van der Waals surface area contributed by atoms with Crippen LogP contribution < -0.4 is 0 Å². The number of benzene rings is 4. The van der Waals surface area contributed by atoms with E-state index in [1.165, 1.54) is 66.8 Å². The van der Waals surface area contributed by atoms with Crippen LogP contribution in [0.4, 0.5) is 0 Å². The quantitative estimate of drug-likeness (QED) is 0.246. The molecule has 0 aliphatic heterocycles. The maximum atomic E-state index is 6.51. The molecule has 0 fully saturated rings. The van der Waals surface area contributed by atoms with Gasteiger partial charge in [0.1, 0.15) is 5.76 Å². The van der Waals surface area contributed by atoms with Crippen LogP contribution >= 0.6 is 12.6 Å². The molecule has 1 spiro atoms. The molecule has 41 heavy (non-hydrogen) atoms. The van der Waals surface area contributed by atoms with Gasteiger partial charge in [-0.2, -0.15) is 12.6 Å². The number of fused-ring (bicyclic) bond motifs is 8. The Balaban J connectivity index is 1.28. The normalized spacial score (nSPS) is 19.3. The molecule has 0 radical (unpaired) electrons. The number of hydrogen-bond acceptors (Lipinski definition) is 2. The van der Waals surface area contributed by atoms with E-state index in [4.69, 9.17) is 4.74 Å². The van der Waals surface area contributed by atoms with Gasteiger partial charge in [-0.25, -0.2) is 0 Å². The third-order valence-electron chi connectivity index (χ3n) is 8.68. The van der Waals surface area contributed by atoms with E-state index in [0.717, 1.165) is 5.76 Å². The van der Waals surface area contributed by atoms with E-state index in [1.54, 1.807) is 0 Å². The summed E-state index contributed by atoms with van der Waals surface area (Å²) in [5, 5.41) is 0. The summed E-state index contributed by atoms with van der Waals surface area (Å²) in [5.41, 5.74) is 14.6. The van der Waals surface area contributed by atoms with E-state index >= 15 is 0 Å². The minimum Gasteiger partial charge on any atom is -0.495 e. The second-order valence-electron chi connectivity index (χ2n) is 10.9. The van der Waals surface area contributed by atoms with Crippen molar-refractivity contribution >= 4 is 35.9 Å². The van der Waals surface area contributed by atoms with Gasteiger partial charge in [0, 0.05) is 5.75 Å². The Kier molecular flexibility index (Phi) is 5.65. The van der Waals surface area contributed by atoms with Gasteiger partial charge in [-0.05, 0) is 97.2 Å². The smallest absolute Gasteiger partial charge is 0.115 e. The lowest BCUT2D eigenvalue weighted by Crippen LogP contribution is -2.31. The van der Waals surface area contributed by atoms with E-state index in [1.807, 2.05) is 0 Å². The third-order valence-corrected chi connectivity index (χ3v) is 8.86. The zero-order valence-electron chi connectivity index (χ0n) is 22.5. The van der Waals surface area contributed by atoms with Crippen molar-refractivity contribution in [1.82, 2.24) is 0 Å². The second kappa shape index (κ2) is 9.54. The third kappa shape index (κ3) is 3.71. The van der Waals surface area contributed by atoms with Crippen LogP contribution in [0.1, 0.15) is 22.3 Å². The predicted molar refractivity (Wildman–Crippen MR) is 175 cm³/mol. The first-order valence-electron chi connectivity index (χ1n) is 14.2. The monoisotopic (exact) mass is 544 g/mol. The Hall–Kier alpha value is -4.53. The minimum atomic E-state index is -0.505. The summed E-state index contributed by atoms with van der Waals surface area (Å²) < 4.78 is 6.51. The van der Waals surface area contributed by atoms with E-state index in [0.29, 0.717) is 12.4 Å². The van der Waals surface area contributed by atoms with Gasteiger partial charge in [-0.1, -0.05) is 109 Å². The van der Waals surface area contributed by atoms with Crippen LogP contribution in [0.3, 0.4) is 0 Å². The van der Waals surface area contributed by atoms with Crippen LogP contribution in [0.15, 0.2) is 144 Å². The topological polar surface area (TPSA) is 9.23 Å². The molecule has 1 atom stereocenters. The van der Waals surface area contributed by atoms with Crippen molar-refractivity contribution in [2.75, 3.05) is 12.4 Å². The van der Waals surface area contributed by atoms with Crippen LogP contribution in [0.5, 0.6) is 0 Å². The molecule has 1 nitrogen and oxygen atoms in total. The van der Waals surface area contributed by atoms with Gasteiger partial charge in [0.05, 0.1) is 12.0 Å². The van der Waals surface area contributed by atoms with Gasteiger partial charge >= 0.3 is 0 Å².